The van der Waals surface area contributed by atoms with Gasteiger partial charge in [0.15, 0.2) is 5.96 Å². The van der Waals surface area contributed by atoms with Gasteiger partial charge in [0.25, 0.3) is 0 Å². The fraction of sp³-hybridized carbons (Fsp3) is 0.444. The third-order valence-electron chi connectivity index (χ3n) is 4.44. The van der Waals surface area contributed by atoms with E-state index in [1.807, 2.05) is 25.0 Å². The number of nitrogens with one attached hydrogen (secondary N) is 1. The number of nitrogens with zero attached hydrogens (tertiary/aromatic N) is 4. The third-order valence-corrected chi connectivity index (χ3v) is 4.97. The molecule has 0 aliphatic carbocycles. The summed E-state index contributed by atoms with van der Waals surface area (Å²) in [7, 11) is 3.83. The van der Waals surface area contributed by atoms with Crippen molar-refractivity contribution in [2.24, 2.45) is 18.0 Å². The molecule has 128 valence electrons. The Bertz CT molecular complexity index is 692. The van der Waals surface area contributed by atoms with Crippen LogP contribution in [0.2, 0.25) is 0 Å². The number of rotatable bonds is 4. The highest BCUT2D eigenvalue weighted by Gasteiger charge is 2.25. The molecular formula is C18H24BrN5. The Balaban J connectivity index is 1.52. The summed E-state index contributed by atoms with van der Waals surface area (Å²) in [5.41, 5.74) is 2.58. The quantitative estimate of drug-likeness (QED) is 0.645. The number of aromatic nitrogens is 2. The summed E-state index contributed by atoms with van der Waals surface area (Å²) in [4.78, 5) is 6.82. The van der Waals surface area contributed by atoms with E-state index in [-0.39, 0.29) is 0 Å². The van der Waals surface area contributed by atoms with E-state index in [1.54, 1.807) is 0 Å². The van der Waals surface area contributed by atoms with E-state index in [0.717, 1.165) is 36.5 Å². The fourth-order valence-corrected chi connectivity index (χ4v) is 3.48. The monoisotopic (exact) mass is 389 g/mol. The van der Waals surface area contributed by atoms with E-state index in [2.05, 4.69) is 66.7 Å². The first-order valence-corrected chi connectivity index (χ1v) is 9.11. The molecule has 1 aliphatic rings. The summed E-state index contributed by atoms with van der Waals surface area (Å²) < 4.78 is 2.98. The Morgan fingerprint density at radius 2 is 2.12 bits per heavy atom. The Morgan fingerprint density at radius 1 is 1.33 bits per heavy atom. The van der Waals surface area contributed by atoms with Crippen LogP contribution in [0.5, 0.6) is 0 Å². The minimum Gasteiger partial charge on any atom is -0.352 e. The molecule has 2 aromatic rings. The lowest BCUT2D eigenvalue weighted by molar-refractivity contribution is 0.459. The van der Waals surface area contributed by atoms with Crippen LogP contribution in [0.3, 0.4) is 0 Å². The van der Waals surface area contributed by atoms with Crippen LogP contribution in [0.1, 0.15) is 17.5 Å². The number of aliphatic imine (C=N–C) groups is 1. The average molecular weight is 390 g/mol. The van der Waals surface area contributed by atoms with E-state index >= 15 is 0 Å². The molecule has 1 aromatic heterocycles. The minimum absolute atomic E-state index is 0.667. The zero-order valence-corrected chi connectivity index (χ0v) is 15.8. The molecule has 1 unspecified atom stereocenters. The second-order valence-electron chi connectivity index (χ2n) is 6.35. The first-order chi connectivity index (χ1) is 11.6. The smallest absolute Gasteiger partial charge is 0.193 e. The van der Waals surface area contributed by atoms with Crippen molar-refractivity contribution in [1.29, 1.82) is 0 Å². The maximum Gasteiger partial charge on any atom is 0.193 e. The predicted octanol–water partition coefficient (Wildman–Crippen LogP) is 2.82. The molecule has 24 heavy (non-hydrogen) atoms. The molecule has 0 amide bonds. The number of hydrogen-bond donors (Lipinski definition) is 1. The van der Waals surface area contributed by atoms with Crippen LogP contribution in [-0.4, -0.2) is 40.8 Å². The maximum atomic E-state index is 4.45. The van der Waals surface area contributed by atoms with Gasteiger partial charge < -0.3 is 10.2 Å². The normalized spacial score (nSPS) is 18.2. The topological polar surface area (TPSA) is 45.5 Å². The first-order valence-electron chi connectivity index (χ1n) is 8.31. The molecule has 1 aliphatic heterocycles. The molecule has 0 saturated carbocycles. The van der Waals surface area contributed by atoms with Crippen molar-refractivity contribution in [3.8, 4) is 0 Å². The second-order valence-corrected chi connectivity index (χ2v) is 7.27. The Labute approximate surface area is 151 Å². The number of guanidine groups is 1. The molecule has 1 aromatic carbocycles. The molecule has 0 radical (unpaired) electrons. The third kappa shape index (κ3) is 4.38. The van der Waals surface area contributed by atoms with Gasteiger partial charge in [-0.2, -0.15) is 5.10 Å². The maximum absolute atomic E-state index is 4.45. The van der Waals surface area contributed by atoms with Crippen molar-refractivity contribution in [3.63, 3.8) is 0 Å². The number of aryl methyl sites for hydroxylation is 1. The first kappa shape index (κ1) is 17.0. The summed E-state index contributed by atoms with van der Waals surface area (Å²) in [5, 5.41) is 7.74. The Kier molecular flexibility index (Phi) is 5.56. The lowest BCUT2D eigenvalue weighted by Gasteiger charge is -2.21. The van der Waals surface area contributed by atoms with Crippen molar-refractivity contribution >= 4 is 21.9 Å². The van der Waals surface area contributed by atoms with Gasteiger partial charge in [-0.25, -0.2) is 0 Å². The molecule has 0 bridgehead atoms. The molecule has 0 spiro atoms. The van der Waals surface area contributed by atoms with Gasteiger partial charge in [-0.3, -0.25) is 9.67 Å². The lowest BCUT2D eigenvalue weighted by Crippen LogP contribution is -2.39. The van der Waals surface area contributed by atoms with Gasteiger partial charge in [-0.05, 0) is 42.0 Å². The SMILES string of the molecule is CN=C(NCc1ccc(Br)cc1)N1CCC(Cc2cnn(C)c2)C1. The highest BCUT2D eigenvalue weighted by molar-refractivity contribution is 9.10. The zero-order valence-electron chi connectivity index (χ0n) is 14.2. The average Bonchev–Trinajstić information content (AvgIpc) is 3.20. The van der Waals surface area contributed by atoms with Gasteiger partial charge in [-0.15, -0.1) is 0 Å². The molecule has 1 N–H and O–H groups in total. The van der Waals surface area contributed by atoms with E-state index < -0.39 is 0 Å². The molecule has 1 fully saturated rings. The largest absolute Gasteiger partial charge is 0.352 e. The zero-order chi connectivity index (χ0) is 16.9. The van der Waals surface area contributed by atoms with Gasteiger partial charge in [0.05, 0.1) is 6.20 Å². The number of benzene rings is 1. The second kappa shape index (κ2) is 7.83. The van der Waals surface area contributed by atoms with E-state index in [1.165, 1.54) is 17.5 Å². The van der Waals surface area contributed by atoms with Crippen LogP contribution in [-0.2, 0) is 20.0 Å². The van der Waals surface area contributed by atoms with Crippen molar-refractivity contribution in [1.82, 2.24) is 20.0 Å². The summed E-state index contributed by atoms with van der Waals surface area (Å²) in [6.45, 7) is 2.91. The molecule has 1 atom stereocenters. The molecular weight excluding hydrogens is 366 g/mol. The standard InChI is InChI=1S/C18H24BrN5/c1-20-18(21-10-14-3-5-17(19)6-4-14)24-8-7-15(13-24)9-16-11-22-23(2)12-16/h3-6,11-12,15H,7-10,13H2,1-2H3,(H,20,21). The van der Waals surface area contributed by atoms with Crippen LogP contribution in [0.25, 0.3) is 0 Å². The number of likely N-dealkylation sites (tertiary alicyclic amines) is 1. The van der Waals surface area contributed by atoms with E-state index in [9.17, 15) is 0 Å². The van der Waals surface area contributed by atoms with Crippen molar-refractivity contribution < 1.29 is 0 Å². The molecule has 1 saturated heterocycles. The summed E-state index contributed by atoms with van der Waals surface area (Å²) >= 11 is 3.47. The predicted molar refractivity (Wildman–Crippen MR) is 101 cm³/mol. The van der Waals surface area contributed by atoms with Gasteiger partial charge in [0.1, 0.15) is 0 Å². The van der Waals surface area contributed by atoms with Gasteiger partial charge in [0.2, 0.25) is 0 Å². The fourth-order valence-electron chi connectivity index (χ4n) is 3.22. The van der Waals surface area contributed by atoms with Crippen molar-refractivity contribution in [2.45, 2.75) is 19.4 Å². The van der Waals surface area contributed by atoms with Crippen molar-refractivity contribution in [3.05, 3.63) is 52.3 Å². The summed E-state index contributed by atoms with van der Waals surface area (Å²) in [5.74, 6) is 1.66. The van der Waals surface area contributed by atoms with Gasteiger partial charge >= 0.3 is 0 Å². The van der Waals surface area contributed by atoms with Crippen LogP contribution in [0.15, 0.2) is 46.1 Å². The molecule has 6 heteroatoms. The van der Waals surface area contributed by atoms with Crippen LogP contribution in [0, 0.1) is 5.92 Å². The Morgan fingerprint density at radius 3 is 2.79 bits per heavy atom. The Hall–Kier alpha value is -1.82. The van der Waals surface area contributed by atoms with Gasteiger partial charge in [-0.1, -0.05) is 28.1 Å². The highest BCUT2D eigenvalue weighted by Crippen LogP contribution is 2.20. The lowest BCUT2D eigenvalue weighted by atomic mass is 10.0. The minimum atomic E-state index is 0.667. The van der Waals surface area contributed by atoms with E-state index in [4.69, 9.17) is 0 Å². The number of halogens is 1. The molecule has 2 heterocycles. The summed E-state index contributed by atoms with van der Waals surface area (Å²) in [6.07, 6.45) is 6.38. The van der Waals surface area contributed by atoms with Crippen LogP contribution < -0.4 is 5.32 Å². The summed E-state index contributed by atoms with van der Waals surface area (Å²) in [6, 6.07) is 8.39. The van der Waals surface area contributed by atoms with E-state index in [0.29, 0.717) is 5.92 Å². The van der Waals surface area contributed by atoms with Crippen molar-refractivity contribution in [2.75, 3.05) is 20.1 Å². The molecule has 3 rings (SSSR count). The van der Waals surface area contributed by atoms with Gasteiger partial charge in [0, 0.05) is 44.4 Å². The molecule has 5 nitrogen and oxygen atoms in total. The highest BCUT2D eigenvalue weighted by atomic mass is 79.9. The number of hydrogen-bond acceptors (Lipinski definition) is 2. The van der Waals surface area contributed by atoms with Crippen LogP contribution >= 0.6 is 15.9 Å². The van der Waals surface area contributed by atoms with Crippen LogP contribution in [0.4, 0.5) is 0 Å².